The first-order valence-electron chi connectivity index (χ1n) is 4.76. The molecule has 0 radical (unpaired) electrons. The predicted molar refractivity (Wildman–Crippen MR) is 71.7 cm³/mol. The Morgan fingerprint density at radius 1 is 0.842 bits per heavy atom. The molecule has 5 nitrogen and oxygen atoms in total. The summed E-state index contributed by atoms with van der Waals surface area (Å²) >= 11 is 0. The Morgan fingerprint density at radius 3 is 2.00 bits per heavy atom. The molecule has 0 aliphatic heterocycles. The van der Waals surface area contributed by atoms with E-state index in [-0.39, 0.29) is 15.7 Å². The molecule has 0 saturated heterocycles. The highest BCUT2D eigenvalue weighted by atomic mass is 35.7. The number of phenolic OH excluding ortho intramolecular Hbond substituents is 1. The maximum Gasteiger partial charge on any atom is 0.265 e. The van der Waals surface area contributed by atoms with Crippen molar-refractivity contribution in [3.63, 3.8) is 0 Å². The van der Waals surface area contributed by atoms with E-state index >= 15 is 0 Å². The Bertz CT molecular complexity index is 872. The molecule has 0 atom stereocenters. The van der Waals surface area contributed by atoms with Crippen molar-refractivity contribution in [2.45, 2.75) is 9.79 Å². The van der Waals surface area contributed by atoms with Crippen molar-refractivity contribution in [3.8, 4) is 5.75 Å². The fourth-order valence-corrected chi connectivity index (χ4v) is 4.09. The highest BCUT2D eigenvalue weighted by Crippen LogP contribution is 2.36. The minimum absolute atomic E-state index is 0.0169. The highest BCUT2D eigenvalue weighted by molar-refractivity contribution is 8.14. The zero-order chi connectivity index (χ0) is 14.4. The van der Waals surface area contributed by atoms with Crippen LogP contribution in [-0.4, -0.2) is 21.9 Å². The quantitative estimate of drug-likeness (QED) is 0.848. The minimum atomic E-state index is -4.24. The van der Waals surface area contributed by atoms with Crippen LogP contribution in [0.1, 0.15) is 0 Å². The Labute approximate surface area is 118 Å². The first-order chi connectivity index (χ1) is 8.62. The van der Waals surface area contributed by atoms with Crippen LogP contribution in [0.15, 0.2) is 40.1 Å². The fraction of sp³-hybridized carbons (Fsp3) is 0. The van der Waals surface area contributed by atoms with Gasteiger partial charge >= 0.3 is 0 Å². The van der Waals surface area contributed by atoms with Crippen molar-refractivity contribution in [3.05, 3.63) is 30.3 Å². The minimum Gasteiger partial charge on any atom is -0.507 e. The second kappa shape index (κ2) is 4.52. The van der Waals surface area contributed by atoms with Gasteiger partial charge in [-0.3, -0.25) is 0 Å². The van der Waals surface area contributed by atoms with Crippen LogP contribution in [0.5, 0.6) is 5.75 Å². The zero-order valence-corrected chi connectivity index (χ0v) is 12.2. The van der Waals surface area contributed by atoms with Crippen LogP contribution in [0.3, 0.4) is 0 Å². The van der Waals surface area contributed by atoms with Gasteiger partial charge in [0.15, 0.2) is 0 Å². The summed E-state index contributed by atoms with van der Waals surface area (Å²) in [5, 5.41) is 9.64. The van der Waals surface area contributed by atoms with Gasteiger partial charge in [-0.05, 0) is 18.2 Å². The van der Waals surface area contributed by atoms with E-state index in [0.717, 1.165) is 6.07 Å². The second-order valence-electron chi connectivity index (χ2n) is 3.64. The fourth-order valence-electron chi connectivity index (χ4n) is 1.76. The molecule has 0 unspecified atom stereocenters. The molecule has 0 amide bonds. The number of rotatable bonds is 2. The molecule has 0 aliphatic rings. The maximum atomic E-state index is 11.5. The first kappa shape index (κ1) is 14.4. The lowest BCUT2D eigenvalue weighted by atomic mass is 10.1. The van der Waals surface area contributed by atoms with E-state index in [2.05, 4.69) is 0 Å². The smallest absolute Gasteiger partial charge is 0.265 e. The van der Waals surface area contributed by atoms with E-state index in [0.29, 0.717) is 0 Å². The summed E-state index contributed by atoms with van der Waals surface area (Å²) in [6, 6.07) is 6.17. The van der Waals surface area contributed by atoms with Crippen molar-refractivity contribution in [2.75, 3.05) is 0 Å². The molecule has 0 aliphatic carbocycles. The van der Waals surface area contributed by atoms with Crippen LogP contribution in [0.4, 0.5) is 0 Å². The third-order valence-corrected chi connectivity index (χ3v) is 5.22. The average molecular weight is 341 g/mol. The molecule has 0 aromatic heterocycles. The number of aromatic hydroxyl groups is 1. The average Bonchev–Trinajstić information content (AvgIpc) is 2.24. The summed E-state index contributed by atoms with van der Waals surface area (Å²) in [5.74, 6) is -0.563. The number of hydrogen-bond acceptors (Lipinski definition) is 5. The van der Waals surface area contributed by atoms with Gasteiger partial charge in [0.05, 0.1) is 4.90 Å². The largest absolute Gasteiger partial charge is 0.507 e. The molecule has 0 bridgehead atoms. The molecular weight excluding hydrogens is 335 g/mol. The van der Waals surface area contributed by atoms with E-state index in [1.54, 1.807) is 0 Å². The first-order valence-corrected chi connectivity index (χ1v) is 9.38. The summed E-state index contributed by atoms with van der Waals surface area (Å²) in [4.78, 5) is -0.804. The Balaban J connectivity index is 3.07. The molecule has 0 spiro atoms. The number of halogens is 2. The van der Waals surface area contributed by atoms with Gasteiger partial charge in [-0.25, -0.2) is 16.8 Å². The number of hydrogen-bond donors (Lipinski definition) is 1. The topological polar surface area (TPSA) is 88.5 Å². The van der Waals surface area contributed by atoms with Gasteiger partial charge in [0.25, 0.3) is 18.1 Å². The molecule has 2 aromatic rings. The second-order valence-corrected chi connectivity index (χ2v) is 8.68. The molecule has 102 valence electrons. The number of benzene rings is 2. The van der Waals surface area contributed by atoms with Gasteiger partial charge in [0, 0.05) is 32.1 Å². The molecule has 2 rings (SSSR count). The van der Waals surface area contributed by atoms with Crippen molar-refractivity contribution in [1.82, 2.24) is 0 Å². The summed E-state index contributed by atoms with van der Waals surface area (Å²) in [7, 11) is 2.22. The van der Waals surface area contributed by atoms with Gasteiger partial charge in [-0.15, -0.1) is 0 Å². The van der Waals surface area contributed by atoms with Gasteiger partial charge in [-0.1, -0.05) is 12.1 Å². The van der Waals surface area contributed by atoms with E-state index in [1.807, 2.05) is 0 Å². The van der Waals surface area contributed by atoms with E-state index in [1.165, 1.54) is 24.3 Å². The lowest BCUT2D eigenvalue weighted by Gasteiger charge is -2.08. The third kappa shape index (κ3) is 2.64. The van der Waals surface area contributed by atoms with Gasteiger partial charge in [0.1, 0.15) is 10.6 Å². The van der Waals surface area contributed by atoms with Crippen LogP contribution in [-0.2, 0) is 18.1 Å². The molecule has 0 fully saturated rings. The summed E-state index contributed by atoms with van der Waals surface area (Å²) < 4.78 is 45.7. The van der Waals surface area contributed by atoms with Crippen LogP contribution in [0, 0.1) is 0 Å². The lowest BCUT2D eigenvalue weighted by Crippen LogP contribution is -1.97. The molecule has 0 heterocycles. The standard InChI is InChI=1S/C10H6Cl2O5S2/c11-18(14,15)9-3-1-2-7-6(9)4-5-8(13)10(7)19(12,16)17/h1-5,13H. The van der Waals surface area contributed by atoms with Crippen LogP contribution >= 0.6 is 21.4 Å². The summed E-state index contributed by atoms with van der Waals surface area (Å²) in [6.07, 6.45) is 0. The molecule has 2 aromatic carbocycles. The zero-order valence-electron chi connectivity index (χ0n) is 9.04. The van der Waals surface area contributed by atoms with E-state index < -0.39 is 28.7 Å². The van der Waals surface area contributed by atoms with Crippen molar-refractivity contribution in [1.29, 1.82) is 0 Å². The van der Waals surface area contributed by atoms with Crippen molar-refractivity contribution >= 4 is 50.2 Å². The van der Waals surface area contributed by atoms with Crippen LogP contribution in [0.25, 0.3) is 10.8 Å². The van der Waals surface area contributed by atoms with Crippen LogP contribution in [0.2, 0.25) is 0 Å². The SMILES string of the molecule is O=S(=O)(Cl)c1cccc2c(S(=O)(=O)Cl)c(O)ccc12. The van der Waals surface area contributed by atoms with Gasteiger partial charge in [-0.2, -0.15) is 0 Å². The molecule has 9 heteroatoms. The summed E-state index contributed by atoms with van der Waals surface area (Å²) in [5.41, 5.74) is 0. The molecular formula is C10H6Cl2O5S2. The van der Waals surface area contributed by atoms with Crippen molar-refractivity contribution in [2.24, 2.45) is 0 Å². The van der Waals surface area contributed by atoms with E-state index in [4.69, 9.17) is 21.4 Å². The highest BCUT2D eigenvalue weighted by Gasteiger charge is 2.23. The number of fused-ring (bicyclic) bond motifs is 1. The Kier molecular flexibility index (Phi) is 3.42. The monoisotopic (exact) mass is 340 g/mol. The summed E-state index contributed by atoms with van der Waals surface area (Å²) in [6.45, 7) is 0. The Morgan fingerprint density at radius 2 is 1.47 bits per heavy atom. The predicted octanol–water partition coefficient (Wildman–Crippen LogP) is 2.40. The van der Waals surface area contributed by atoms with Crippen molar-refractivity contribution < 1.29 is 21.9 Å². The molecule has 19 heavy (non-hydrogen) atoms. The van der Waals surface area contributed by atoms with Gasteiger partial charge in [0.2, 0.25) is 0 Å². The Hall–Kier alpha value is -1.02. The lowest BCUT2D eigenvalue weighted by molar-refractivity contribution is 0.461. The third-order valence-electron chi connectivity index (χ3n) is 2.46. The maximum absolute atomic E-state index is 11.5. The number of phenols is 1. The van der Waals surface area contributed by atoms with Gasteiger partial charge < -0.3 is 5.11 Å². The molecule has 1 N–H and O–H groups in total. The molecule has 0 saturated carbocycles. The van der Waals surface area contributed by atoms with Crippen LogP contribution < -0.4 is 0 Å². The normalized spacial score (nSPS) is 12.7. The van der Waals surface area contributed by atoms with E-state index in [9.17, 15) is 21.9 Å².